The van der Waals surface area contributed by atoms with E-state index in [1.807, 2.05) is 4.90 Å². The number of carbonyl (C=O) groups excluding carboxylic acids is 1. The van der Waals surface area contributed by atoms with Crippen LogP contribution in [0.25, 0.3) is 0 Å². The molecule has 2 aliphatic heterocycles. The van der Waals surface area contributed by atoms with Crippen molar-refractivity contribution in [2.45, 2.75) is 51.2 Å². The number of rotatable bonds is 3. The van der Waals surface area contributed by atoms with Crippen LogP contribution < -0.4 is 4.74 Å². The summed E-state index contributed by atoms with van der Waals surface area (Å²) in [7, 11) is 0. The molecule has 0 bridgehead atoms. The van der Waals surface area contributed by atoms with E-state index in [0.717, 1.165) is 25.7 Å². The third-order valence-electron chi connectivity index (χ3n) is 5.47. The van der Waals surface area contributed by atoms with Crippen molar-refractivity contribution in [3.05, 3.63) is 35.5 Å². The first-order chi connectivity index (χ1) is 13.1. The summed E-state index contributed by atoms with van der Waals surface area (Å²) in [6.45, 7) is 5.52. The van der Waals surface area contributed by atoms with Crippen LogP contribution in [0, 0.1) is 13.8 Å². The van der Waals surface area contributed by atoms with Crippen LogP contribution in [0.2, 0.25) is 0 Å². The Morgan fingerprint density at radius 1 is 1.26 bits per heavy atom. The average Bonchev–Trinajstić information content (AvgIpc) is 3.01. The van der Waals surface area contributed by atoms with E-state index in [0.29, 0.717) is 42.7 Å². The molecule has 1 unspecified atom stereocenters. The van der Waals surface area contributed by atoms with E-state index >= 15 is 0 Å². The number of likely N-dealkylation sites (tertiary alicyclic amines) is 1. The van der Waals surface area contributed by atoms with Crippen LogP contribution in [-0.2, 0) is 4.74 Å². The number of ether oxygens (including phenoxy) is 2. The lowest BCUT2D eigenvalue weighted by atomic mass is 9.83. The Morgan fingerprint density at radius 3 is 2.67 bits per heavy atom. The molecule has 0 aliphatic carbocycles. The predicted octanol–water partition coefficient (Wildman–Crippen LogP) is 2.31. The minimum Gasteiger partial charge on any atom is -0.460 e. The molecule has 2 aliphatic rings. The lowest BCUT2D eigenvalue weighted by Gasteiger charge is -2.45. The maximum absolute atomic E-state index is 12.8. The third-order valence-corrected chi connectivity index (χ3v) is 5.47. The highest BCUT2D eigenvalue weighted by Gasteiger charge is 2.42. The van der Waals surface area contributed by atoms with Gasteiger partial charge in [0.2, 0.25) is 0 Å². The highest BCUT2D eigenvalue weighted by Crippen LogP contribution is 2.36. The first-order valence-corrected chi connectivity index (χ1v) is 9.36. The summed E-state index contributed by atoms with van der Waals surface area (Å²) in [6.07, 6.45) is 6.58. The summed E-state index contributed by atoms with van der Waals surface area (Å²) in [5.74, 6) is 0.561. The van der Waals surface area contributed by atoms with Crippen molar-refractivity contribution in [3.8, 4) is 6.01 Å². The largest absolute Gasteiger partial charge is 0.460 e. The Balaban J connectivity index is 1.38. The molecule has 0 N–H and O–H groups in total. The third kappa shape index (κ3) is 3.66. The van der Waals surface area contributed by atoms with E-state index in [1.165, 1.54) is 0 Å². The van der Waals surface area contributed by atoms with E-state index in [2.05, 4.69) is 15.1 Å². The SMILES string of the molecule is Cc1noc(C)c1C(=O)N1CCC2(CC1)CC(Oc1ncccn1)CCO2. The summed E-state index contributed by atoms with van der Waals surface area (Å²) in [5, 5.41) is 3.89. The van der Waals surface area contributed by atoms with Gasteiger partial charge < -0.3 is 18.9 Å². The summed E-state index contributed by atoms with van der Waals surface area (Å²) >= 11 is 0. The molecule has 2 aromatic heterocycles. The van der Waals surface area contributed by atoms with Crippen molar-refractivity contribution in [3.63, 3.8) is 0 Å². The Hall–Kier alpha value is -2.48. The van der Waals surface area contributed by atoms with Gasteiger partial charge in [-0.05, 0) is 32.8 Å². The van der Waals surface area contributed by atoms with E-state index in [-0.39, 0.29) is 17.6 Å². The molecule has 4 rings (SSSR count). The molecule has 1 spiro atoms. The number of hydrogen-bond acceptors (Lipinski definition) is 7. The standard InChI is InChI=1S/C19H24N4O4/c1-13-16(14(2)27-22-13)17(24)23-9-5-19(6-10-23)12-15(4-11-25-19)26-18-20-7-3-8-21-18/h3,7-8,15H,4-6,9-12H2,1-2H3. The molecule has 0 aromatic carbocycles. The zero-order valence-electron chi connectivity index (χ0n) is 15.7. The van der Waals surface area contributed by atoms with E-state index in [4.69, 9.17) is 14.0 Å². The van der Waals surface area contributed by atoms with Crippen molar-refractivity contribution in [1.29, 1.82) is 0 Å². The van der Waals surface area contributed by atoms with Gasteiger partial charge in [-0.25, -0.2) is 9.97 Å². The lowest BCUT2D eigenvalue weighted by Crippen LogP contribution is -2.52. The minimum absolute atomic E-state index is 0.0117. The average molecular weight is 372 g/mol. The Kier molecular flexibility index (Phi) is 4.82. The molecule has 27 heavy (non-hydrogen) atoms. The van der Waals surface area contributed by atoms with Gasteiger partial charge in [0, 0.05) is 38.3 Å². The van der Waals surface area contributed by atoms with Gasteiger partial charge in [-0.2, -0.15) is 0 Å². The maximum Gasteiger partial charge on any atom is 0.316 e. The Morgan fingerprint density at radius 2 is 2.00 bits per heavy atom. The van der Waals surface area contributed by atoms with Crippen molar-refractivity contribution in [1.82, 2.24) is 20.0 Å². The predicted molar refractivity (Wildman–Crippen MR) is 95.5 cm³/mol. The van der Waals surface area contributed by atoms with E-state index in [9.17, 15) is 4.79 Å². The normalized spacial score (nSPS) is 22.0. The van der Waals surface area contributed by atoms with Gasteiger partial charge in [0.15, 0.2) is 0 Å². The fourth-order valence-electron chi connectivity index (χ4n) is 3.99. The molecule has 1 amide bonds. The van der Waals surface area contributed by atoms with Gasteiger partial charge in [0.1, 0.15) is 17.4 Å². The Labute approximate surface area is 157 Å². The number of hydrogen-bond donors (Lipinski definition) is 0. The lowest BCUT2D eigenvalue weighted by molar-refractivity contribution is -0.136. The number of carbonyl (C=O) groups is 1. The smallest absolute Gasteiger partial charge is 0.316 e. The fraction of sp³-hybridized carbons (Fsp3) is 0.579. The maximum atomic E-state index is 12.8. The minimum atomic E-state index is -0.243. The molecule has 8 nitrogen and oxygen atoms in total. The quantitative estimate of drug-likeness (QED) is 0.816. The second-order valence-corrected chi connectivity index (χ2v) is 7.29. The van der Waals surface area contributed by atoms with Crippen LogP contribution in [0.3, 0.4) is 0 Å². The van der Waals surface area contributed by atoms with Crippen LogP contribution >= 0.6 is 0 Å². The van der Waals surface area contributed by atoms with Crippen LogP contribution in [-0.4, -0.2) is 57.3 Å². The molecule has 1 atom stereocenters. The van der Waals surface area contributed by atoms with Gasteiger partial charge >= 0.3 is 6.01 Å². The van der Waals surface area contributed by atoms with Crippen LogP contribution in [0.15, 0.2) is 23.0 Å². The monoisotopic (exact) mass is 372 g/mol. The molecular weight excluding hydrogens is 348 g/mol. The van der Waals surface area contributed by atoms with Gasteiger partial charge in [-0.15, -0.1) is 0 Å². The zero-order valence-corrected chi connectivity index (χ0v) is 15.7. The molecule has 144 valence electrons. The second-order valence-electron chi connectivity index (χ2n) is 7.29. The molecule has 2 aromatic rings. The number of aromatic nitrogens is 3. The van der Waals surface area contributed by atoms with Crippen LogP contribution in [0.1, 0.15) is 47.5 Å². The fourth-order valence-corrected chi connectivity index (χ4v) is 3.99. The molecule has 8 heteroatoms. The first kappa shape index (κ1) is 17.9. The van der Waals surface area contributed by atoms with Crippen molar-refractivity contribution >= 4 is 5.91 Å². The summed E-state index contributed by atoms with van der Waals surface area (Å²) in [5.41, 5.74) is 0.980. The zero-order chi connectivity index (χ0) is 18.9. The summed E-state index contributed by atoms with van der Waals surface area (Å²) < 4.78 is 17.2. The Bertz CT molecular complexity index is 780. The molecule has 0 radical (unpaired) electrons. The van der Waals surface area contributed by atoms with Crippen molar-refractivity contribution in [2.24, 2.45) is 0 Å². The summed E-state index contributed by atoms with van der Waals surface area (Å²) in [4.78, 5) is 23.0. The molecule has 2 fully saturated rings. The topological polar surface area (TPSA) is 90.6 Å². The van der Waals surface area contributed by atoms with Crippen LogP contribution in [0.4, 0.5) is 0 Å². The molecule has 4 heterocycles. The molecule has 2 saturated heterocycles. The van der Waals surface area contributed by atoms with Crippen LogP contribution in [0.5, 0.6) is 6.01 Å². The van der Waals surface area contributed by atoms with Gasteiger partial charge in [-0.1, -0.05) is 5.16 Å². The first-order valence-electron chi connectivity index (χ1n) is 9.36. The molecular formula is C19H24N4O4. The highest BCUT2D eigenvalue weighted by molar-refractivity contribution is 5.96. The van der Waals surface area contributed by atoms with Gasteiger partial charge in [0.25, 0.3) is 5.91 Å². The van der Waals surface area contributed by atoms with Crippen molar-refractivity contribution in [2.75, 3.05) is 19.7 Å². The second kappa shape index (κ2) is 7.26. The number of nitrogens with zero attached hydrogens (tertiary/aromatic N) is 4. The number of piperidine rings is 1. The molecule has 0 saturated carbocycles. The summed E-state index contributed by atoms with van der Waals surface area (Å²) in [6, 6.07) is 2.18. The number of amides is 1. The number of aryl methyl sites for hydroxylation is 2. The van der Waals surface area contributed by atoms with Gasteiger partial charge in [-0.3, -0.25) is 4.79 Å². The van der Waals surface area contributed by atoms with Gasteiger partial charge in [0.05, 0.1) is 17.9 Å². The van der Waals surface area contributed by atoms with E-state index < -0.39 is 0 Å². The highest BCUT2D eigenvalue weighted by atomic mass is 16.5. The van der Waals surface area contributed by atoms with E-state index in [1.54, 1.807) is 32.3 Å². The van der Waals surface area contributed by atoms with Crippen molar-refractivity contribution < 1.29 is 18.8 Å².